The maximum Gasteiger partial charge on any atom is 0.170 e. The van der Waals surface area contributed by atoms with E-state index in [1.807, 2.05) is 18.3 Å². The Kier molecular flexibility index (Phi) is 4.63. The van der Waals surface area contributed by atoms with Crippen molar-refractivity contribution in [1.29, 1.82) is 0 Å². The summed E-state index contributed by atoms with van der Waals surface area (Å²) in [6, 6.07) is 9.09. The van der Waals surface area contributed by atoms with Crippen LogP contribution >= 0.6 is 12.2 Å². The van der Waals surface area contributed by atoms with Gasteiger partial charge in [0.15, 0.2) is 5.11 Å². The number of thiocarbonyl (C=S) groups is 1. The molecule has 1 aliphatic rings. The van der Waals surface area contributed by atoms with E-state index >= 15 is 0 Å². The fraction of sp³-hybridized carbons (Fsp3) is 0.474. The van der Waals surface area contributed by atoms with Crippen molar-refractivity contribution in [2.75, 3.05) is 6.54 Å². The number of aromatic nitrogens is 2. The van der Waals surface area contributed by atoms with Gasteiger partial charge in [-0.25, -0.2) is 0 Å². The van der Waals surface area contributed by atoms with E-state index in [0.717, 1.165) is 17.4 Å². The van der Waals surface area contributed by atoms with Crippen LogP contribution in [0.2, 0.25) is 0 Å². The maximum absolute atomic E-state index is 5.61. The van der Waals surface area contributed by atoms with Gasteiger partial charge in [0.05, 0.1) is 17.8 Å². The molecule has 2 atom stereocenters. The monoisotopic (exact) mass is 342 g/mol. The molecule has 1 fully saturated rings. The molecule has 0 saturated carbocycles. The number of nitrogens with one attached hydrogen (secondary N) is 1. The van der Waals surface area contributed by atoms with Crippen LogP contribution in [-0.2, 0) is 0 Å². The van der Waals surface area contributed by atoms with E-state index in [1.165, 1.54) is 17.0 Å². The molecule has 3 rings (SSSR count). The van der Waals surface area contributed by atoms with E-state index in [1.54, 1.807) is 0 Å². The SMILES string of the molecule is CCN1C(=S)N[C@@H](c2ccccn2)[C@@H]1c1cc(C)n(C(C)C)c1C. The van der Waals surface area contributed by atoms with E-state index < -0.39 is 0 Å². The summed E-state index contributed by atoms with van der Waals surface area (Å²) in [7, 11) is 0. The van der Waals surface area contributed by atoms with E-state index in [-0.39, 0.29) is 12.1 Å². The molecular formula is C19H26N4S. The molecule has 0 spiro atoms. The van der Waals surface area contributed by atoms with E-state index in [2.05, 4.69) is 66.5 Å². The van der Waals surface area contributed by atoms with Gasteiger partial charge in [0.2, 0.25) is 0 Å². The summed E-state index contributed by atoms with van der Waals surface area (Å²) >= 11 is 5.61. The number of hydrogen-bond donors (Lipinski definition) is 1. The highest BCUT2D eigenvalue weighted by Gasteiger charge is 2.40. The second kappa shape index (κ2) is 6.55. The van der Waals surface area contributed by atoms with Crippen molar-refractivity contribution >= 4 is 17.3 Å². The van der Waals surface area contributed by atoms with E-state index in [4.69, 9.17) is 12.2 Å². The summed E-state index contributed by atoms with van der Waals surface area (Å²) in [6.07, 6.45) is 1.85. The van der Waals surface area contributed by atoms with Crippen LogP contribution in [0.1, 0.15) is 61.5 Å². The largest absolute Gasteiger partial charge is 0.352 e. The number of hydrogen-bond acceptors (Lipinski definition) is 2. The minimum Gasteiger partial charge on any atom is -0.352 e. The van der Waals surface area contributed by atoms with Gasteiger partial charge < -0.3 is 14.8 Å². The van der Waals surface area contributed by atoms with E-state index in [0.29, 0.717) is 6.04 Å². The Morgan fingerprint density at radius 2 is 2.04 bits per heavy atom. The first-order valence-electron chi connectivity index (χ1n) is 8.62. The molecule has 2 aromatic heterocycles. The fourth-order valence-corrected chi connectivity index (χ4v) is 4.35. The van der Waals surface area contributed by atoms with Gasteiger partial charge in [-0.1, -0.05) is 6.07 Å². The smallest absolute Gasteiger partial charge is 0.170 e. The van der Waals surface area contributed by atoms with Gasteiger partial charge in [-0.2, -0.15) is 0 Å². The lowest BCUT2D eigenvalue weighted by Crippen LogP contribution is -2.29. The zero-order chi connectivity index (χ0) is 17.4. The highest BCUT2D eigenvalue weighted by Crippen LogP contribution is 2.41. The standard InChI is InChI=1S/C19H26N4S/c1-6-22-18(15-11-13(4)23(12(2)3)14(15)5)17(21-19(22)24)16-9-7-8-10-20-16/h7-12,17-18H,6H2,1-5H3,(H,21,24)/t17-,18-/m0/s1. The van der Waals surface area contributed by atoms with Gasteiger partial charge in [-0.05, 0) is 70.6 Å². The molecule has 0 amide bonds. The normalized spacial score (nSPS) is 20.8. The number of rotatable bonds is 4. The first-order chi connectivity index (χ1) is 11.5. The molecule has 3 heterocycles. The van der Waals surface area contributed by atoms with Crippen molar-refractivity contribution in [2.24, 2.45) is 0 Å². The zero-order valence-corrected chi connectivity index (χ0v) is 15.9. The molecule has 1 saturated heterocycles. The summed E-state index contributed by atoms with van der Waals surface area (Å²) in [4.78, 5) is 6.86. The molecule has 24 heavy (non-hydrogen) atoms. The van der Waals surface area contributed by atoms with Gasteiger partial charge in [-0.15, -0.1) is 0 Å². The molecule has 5 heteroatoms. The highest BCUT2D eigenvalue weighted by atomic mass is 32.1. The third kappa shape index (κ3) is 2.71. The van der Waals surface area contributed by atoms with Crippen LogP contribution in [0, 0.1) is 13.8 Å². The Hall–Kier alpha value is -1.88. The van der Waals surface area contributed by atoms with E-state index in [9.17, 15) is 0 Å². The molecular weight excluding hydrogens is 316 g/mol. The van der Waals surface area contributed by atoms with Crippen LogP contribution in [0.5, 0.6) is 0 Å². The summed E-state index contributed by atoms with van der Waals surface area (Å²) in [5, 5.41) is 4.30. The van der Waals surface area contributed by atoms with Gasteiger partial charge >= 0.3 is 0 Å². The average Bonchev–Trinajstić information content (AvgIpc) is 3.04. The highest BCUT2D eigenvalue weighted by molar-refractivity contribution is 7.80. The number of likely N-dealkylation sites (N-methyl/N-ethyl adjacent to an activating group) is 1. The van der Waals surface area contributed by atoms with Crippen molar-refractivity contribution in [2.45, 2.75) is 52.7 Å². The molecule has 0 aromatic carbocycles. The second-order valence-corrected chi connectivity index (χ2v) is 7.09. The number of nitrogens with zero attached hydrogens (tertiary/aromatic N) is 3. The number of pyridine rings is 1. The minimum absolute atomic E-state index is 0.0831. The molecule has 1 aliphatic heterocycles. The lowest BCUT2D eigenvalue weighted by atomic mass is 9.97. The average molecular weight is 343 g/mol. The van der Waals surface area contributed by atoms with Crippen LogP contribution in [0.3, 0.4) is 0 Å². The Morgan fingerprint density at radius 3 is 2.58 bits per heavy atom. The Morgan fingerprint density at radius 1 is 1.29 bits per heavy atom. The van der Waals surface area contributed by atoms with Crippen LogP contribution in [0.15, 0.2) is 30.5 Å². The predicted octanol–water partition coefficient (Wildman–Crippen LogP) is 4.07. The van der Waals surface area contributed by atoms with Crippen molar-refractivity contribution in [1.82, 2.24) is 19.8 Å². The van der Waals surface area contributed by atoms with Crippen molar-refractivity contribution in [3.8, 4) is 0 Å². The molecule has 0 bridgehead atoms. The van der Waals surface area contributed by atoms with Crippen LogP contribution in [-0.4, -0.2) is 26.1 Å². The lowest BCUT2D eigenvalue weighted by molar-refractivity contribution is 0.329. The first kappa shape index (κ1) is 17.0. The maximum atomic E-state index is 5.61. The fourth-order valence-electron chi connectivity index (χ4n) is 3.98. The topological polar surface area (TPSA) is 33.1 Å². The van der Waals surface area contributed by atoms with Crippen molar-refractivity contribution in [3.63, 3.8) is 0 Å². The quantitative estimate of drug-likeness (QED) is 0.849. The van der Waals surface area contributed by atoms with Gasteiger partial charge in [-0.3, -0.25) is 4.98 Å². The summed E-state index contributed by atoms with van der Waals surface area (Å²) in [6.45, 7) is 11.9. The molecule has 128 valence electrons. The third-order valence-electron chi connectivity index (χ3n) is 4.90. The minimum atomic E-state index is 0.0831. The lowest BCUT2D eigenvalue weighted by Gasteiger charge is -2.27. The van der Waals surface area contributed by atoms with Gasteiger partial charge in [0.25, 0.3) is 0 Å². The summed E-state index contributed by atoms with van der Waals surface area (Å²) in [5.41, 5.74) is 4.99. The molecule has 0 unspecified atom stereocenters. The van der Waals surface area contributed by atoms with Gasteiger partial charge in [0, 0.05) is 30.2 Å². The van der Waals surface area contributed by atoms with Crippen LogP contribution < -0.4 is 5.32 Å². The predicted molar refractivity (Wildman–Crippen MR) is 102 cm³/mol. The van der Waals surface area contributed by atoms with Gasteiger partial charge in [0.1, 0.15) is 0 Å². The number of aryl methyl sites for hydroxylation is 1. The zero-order valence-electron chi connectivity index (χ0n) is 15.1. The second-order valence-electron chi connectivity index (χ2n) is 6.70. The van der Waals surface area contributed by atoms with Crippen molar-refractivity contribution in [3.05, 3.63) is 53.1 Å². The van der Waals surface area contributed by atoms with Crippen molar-refractivity contribution < 1.29 is 0 Å². The van der Waals surface area contributed by atoms with Crippen LogP contribution in [0.25, 0.3) is 0 Å². The molecule has 0 aliphatic carbocycles. The molecule has 2 aromatic rings. The Bertz CT molecular complexity index is 735. The summed E-state index contributed by atoms with van der Waals surface area (Å²) in [5.74, 6) is 0. The first-order valence-corrected chi connectivity index (χ1v) is 9.02. The summed E-state index contributed by atoms with van der Waals surface area (Å²) < 4.78 is 2.40. The van der Waals surface area contributed by atoms with Crippen LogP contribution in [0.4, 0.5) is 0 Å². The Balaban J connectivity index is 2.11. The molecule has 0 radical (unpaired) electrons. The third-order valence-corrected chi connectivity index (χ3v) is 5.25. The Labute approximate surface area is 149 Å². The molecule has 1 N–H and O–H groups in total. The molecule has 4 nitrogen and oxygen atoms in total.